The molecule has 1 heterocycles. The molecule has 84 valence electrons. The lowest BCUT2D eigenvalue weighted by molar-refractivity contribution is -0.116. The summed E-state index contributed by atoms with van der Waals surface area (Å²) in [6.07, 6.45) is 2.21. The lowest BCUT2D eigenvalue weighted by atomic mass is 9.95. The summed E-state index contributed by atoms with van der Waals surface area (Å²) in [7, 11) is 0. The molecular formula is C13H14ClNO. The number of Topliss-reactive ketones (excluding diaryl/α,β-unsaturated/α-hetero) is 1. The Hall–Kier alpha value is -1.15. The lowest BCUT2D eigenvalue weighted by Gasteiger charge is -2.16. The maximum atomic E-state index is 11.2. The van der Waals surface area contributed by atoms with E-state index in [1.54, 1.807) is 0 Å². The normalized spacial score (nSPS) is 14.2. The van der Waals surface area contributed by atoms with Crippen molar-refractivity contribution in [1.29, 1.82) is 0 Å². The Labute approximate surface area is 100 Å². The van der Waals surface area contributed by atoms with E-state index in [1.165, 1.54) is 11.1 Å². The Morgan fingerprint density at radius 1 is 1.38 bits per heavy atom. The van der Waals surface area contributed by atoms with Crippen molar-refractivity contribution in [3.05, 3.63) is 35.4 Å². The molecule has 1 aliphatic rings. The standard InChI is InChI=1S/C13H14ClNO/c14-9-11(16)5-6-13-12-4-2-1-3-10(12)7-8-15-13/h1-4H,5-9H2. The van der Waals surface area contributed by atoms with Gasteiger partial charge in [-0.05, 0) is 24.0 Å². The van der Waals surface area contributed by atoms with E-state index in [1.807, 2.05) is 12.1 Å². The van der Waals surface area contributed by atoms with Crippen molar-refractivity contribution in [3.63, 3.8) is 0 Å². The molecule has 0 bridgehead atoms. The smallest absolute Gasteiger partial charge is 0.147 e. The average molecular weight is 236 g/mol. The van der Waals surface area contributed by atoms with Crippen LogP contribution in [0.2, 0.25) is 0 Å². The second-order valence-corrected chi connectivity index (χ2v) is 4.18. The fourth-order valence-electron chi connectivity index (χ4n) is 1.95. The zero-order valence-electron chi connectivity index (χ0n) is 9.08. The monoisotopic (exact) mass is 235 g/mol. The quantitative estimate of drug-likeness (QED) is 0.738. The number of hydrogen-bond acceptors (Lipinski definition) is 2. The van der Waals surface area contributed by atoms with Crippen molar-refractivity contribution in [1.82, 2.24) is 0 Å². The molecule has 0 saturated heterocycles. The van der Waals surface area contributed by atoms with Gasteiger partial charge in [-0.25, -0.2) is 0 Å². The van der Waals surface area contributed by atoms with Gasteiger partial charge in [0.25, 0.3) is 0 Å². The van der Waals surface area contributed by atoms with E-state index in [4.69, 9.17) is 11.6 Å². The van der Waals surface area contributed by atoms with Gasteiger partial charge >= 0.3 is 0 Å². The first-order chi connectivity index (χ1) is 7.81. The van der Waals surface area contributed by atoms with Gasteiger partial charge in [0.1, 0.15) is 5.78 Å². The number of alkyl halides is 1. The number of fused-ring (bicyclic) bond motifs is 1. The first kappa shape index (κ1) is 11.3. The summed E-state index contributed by atoms with van der Waals surface area (Å²) in [6, 6.07) is 8.28. The molecule has 0 spiro atoms. The number of hydrogen-bond donors (Lipinski definition) is 0. The molecule has 1 aromatic carbocycles. The molecule has 0 fully saturated rings. The van der Waals surface area contributed by atoms with E-state index >= 15 is 0 Å². The molecule has 0 N–H and O–H groups in total. The molecule has 0 unspecified atom stereocenters. The maximum Gasteiger partial charge on any atom is 0.147 e. The van der Waals surface area contributed by atoms with Crippen molar-refractivity contribution in [3.8, 4) is 0 Å². The predicted octanol–water partition coefficient (Wildman–Crippen LogP) is 2.62. The lowest BCUT2D eigenvalue weighted by Crippen LogP contribution is -2.14. The Kier molecular flexibility index (Phi) is 3.73. The minimum absolute atomic E-state index is 0.0902. The number of nitrogens with zero attached hydrogens (tertiary/aromatic N) is 1. The summed E-state index contributed by atoms with van der Waals surface area (Å²) in [6.45, 7) is 0.835. The number of aliphatic imine (C=N–C) groups is 1. The molecule has 0 aromatic heterocycles. The van der Waals surface area contributed by atoms with Gasteiger partial charge < -0.3 is 0 Å². The van der Waals surface area contributed by atoms with Crippen LogP contribution in [0.5, 0.6) is 0 Å². The second-order valence-electron chi connectivity index (χ2n) is 3.91. The fourth-order valence-corrected chi connectivity index (χ4v) is 2.09. The topological polar surface area (TPSA) is 29.4 Å². The van der Waals surface area contributed by atoms with Crippen LogP contribution >= 0.6 is 11.6 Å². The molecule has 16 heavy (non-hydrogen) atoms. The van der Waals surface area contributed by atoms with Crippen LogP contribution in [0, 0.1) is 0 Å². The highest BCUT2D eigenvalue weighted by molar-refractivity contribution is 6.27. The third-order valence-electron chi connectivity index (χ3n) is 2.80. The van der Waals surface area contributed by atoms with Gasteiger partial charge in [0, 0.05) is 18.7 Å². The van der Waals surface area contributed by atoms with Crippen molar-refractivity contribution in [2.75, 3.05) is 12.4 Å². The van der Waals surface area contributed by atoms with Crippen molar-refractivity contribution in [2.45, 2.75) is 19.3 Å². The molecule has 1 aromatic rings. The molecule has 2 rings (SSSR count). The van der Waals surface area contributed by atoms with Crippen LogP contribution in [0.25, 0.3) is 0 Å². The van der Waals surface area contributed by atoms with Crippen LogP contribution in [0.3, 0.4) is 0 Å². The fraction of sp³-hybridized carbons (Fsp3) is 0.385. The maximum absolute atomic E-state index is 11.2. The second kappa shape index (κ2) is 5.26. The molecule has 2 nitrogen and oxygen atoms in total. The van der Waals surface area contributed by atoms with Crippen LogP contribution in [-0.4, -0.2) is 23.9 Å². The van der Waals surface area contributed by atoms with E-state index in [0.29, 0.717) is 12.8 Å². The molecule has 0 amide bonds. The number of carbonyl (C=O) groups excluding carboxylic acids is 1. The number of ketones is 1. The van der Waals surface area contributed by atoms with Gasteiger partial charge in [-0.15, -0.1) is 11.6 Å². The number of carbonyl (C=O) groups is 1. The van der Waals surface area contributed by atoms with Crippen molar-refractivity contribution >= 4 is 23.1 Å². The van der Waals surface area contributed by atoms with E-state index < -0.39 is 0 Å². The van der Waals surface area contributed by atoms with E-state index in [2.05, 4.69) is 17.1 Å². The number of rotatable bonds is 4. The van der Waals surface area contributed by atoms with Crippen molar-refractivity contribution in [2.24, 2.45) is 4.99 Å². The first-order valence-corrected chi connectivity index (χ1v) is 6.04. The highest BCUT2D eigenvalue weighted by Gasteiger charge is 2.13. The molecule has 0 saturated carbocycles. The van der Waals surface area contributed by atoms with Gasteiger partial charge in [-0.3, -0.25) is 9.79 Å². The van der Waals surface area contributed by atoms with Crippen molar-refractivity contribution < 1.29 is 4.79 Å². The Balaban J connectivity index is 2.11. The van der Waals surface area contributed by atoms with Gasteiger partial charge in [-0.2, -0.15) is 0 Å². The highest BCUT2D eigenvalue weighted by Crippen LogP contribution is 2.18. The van der Waals surface area contributed by atoms with Gasteiger partial charge in [0.15, 0.2) is 0 Å². The Morgan fingerprint density at radius 2 is 2.19 bits per heavy atom. The molecule has 1 aliphatic heterocycles. The Morgan fingerprint density at radius 3 is 3.00 bits per heavy atom. The third kappa shape index (κ3) is 2.50. The first-order valence-electron chi connectivity index (χ1n) is 5.50. The van der Waals surface area contributed by atoms with E-state index in [9.17, 15) is 4.79 Å². The van der Waals surface area contributed by atoms with E-state index in [0.717, 1.165) is 18.7 Å². The third-order valence-corrected chi connectivity index (χ3v) is 3.10. The predicted molar refractivity (Wildman–Crippen MR) is 66.5 cm³/mol. The Bertz CT molecular complexity index is 426. The molecular weight excluding hydrogens is 222 g/mol. The highest BCUT2D eigenvalue weighted by atomic mass is 35.5. The number of benzene rings is 1. The molecule has 0 aliphatic carbocycles. The zero-order valence-corrected chi connectivity index (χ0v) is 9.83. The summed E-state index contributed by atoms with van der Waals surface area (Å²) in [4.78, 5) is 15.7. The largest absolute Gasteiger partial charge is 0.298 e. The summed E-state index contributed by atoms with van der Waals surface area (Å²) in [5, 5.41) is 0. The summed E-state index contributed by atoms with van der Waals surface area (Å²) in [5.41, 5.74) is 3.60. The molecule has 3 heteroatoms. The van der Waals surface area contributed by atoms with E-state index in [-0.39, 0.29) is 11.7 Å². The summed E-state index contributed by atoms with van der Waals surface area (Å²) < 4.78 is 0. The minimum atomic E-state index is 0.0902. The van der Waals surface area contributed by atoms with Crippen LogP contribution in [0.15, 0.2) is 29.3 Å². The van der Waals surface area contributed by atoms with Crippen LogP contribution in [-0.2, 0) is 11.2 Å². The van der Waals surface area contributed by atoms with Gasteiger partial charge in [0.05, 0.1) is 5.88 Å². The zero-order chi connectivity index (χ0) is 11.4. The molecule has 0 radical (unpaired) electrons. The number of halogens is 1. The average Bonchev–Trinajstić information content (AvgIpc) is 2.35. The van der Waals surface area contributed by atoms with Crippen LogP contribution in [0.4, 0.5) is 0 Å². The SMILES string of the molecule is O=C(CCl)CCC1=NCCc2ccccc21. The van der Waals surface area contributed by atoms with Crippen LogP contribution < -0.4 is 0 Å². The minimum Gasteiger partial charge on any atom is -0.298 e. The summed E-state index contributed by atoms with van der Waals surface area (Å²) >= 11 is 5.48. The van der Waals surface area contributed by atoms with Crippen LogP contribution in [0.1, 0.15) is 24.0 Å². The van der Waals surface area contributed by atoms with Gasteiger partial charge in [0.2, 0.25) is 0 Å². The summed E-state index contributed by atoms with van der Waals surface area (Å²) in [5.74, 6) is 0.196. The molecule has 0 atom stereocenters. The van der Waals surface area contributed by atoms with Gasteiger partial charge in [-0.1, -0.05) is 24.3 Å².